The Kier molecular flexibility index (Phi) is 36.4. The molecule has 47 heteroatoms. The summed E-state index contributed by atoms with van der Waals surface area (Å²) in [5.41, 5.74) is 2.04. The topological polar surface area (TPSA) is 330 Å². The van der Waals surface area contributed by atoms with Crippen molar-refractivity contribution >= 4 is 72.5 Å². The number of nitrogens with one attached hydrogen (secondary N) is 3. The van der Waals surface area contributed by atoms with Gasteiger partial charge in [-0.1, -0.05) is 57.2 Å². The quantitative estimate of drug-likeness (QED) is 0.0203. The number of ether oxygens (including phenoxy) is 9. The first kappa shape index (κ1) is 107. The molecular formula is C93H97F15N6O22PS3+. The molecule has 0 bridgehead atoms. The first-order chi connectivity index (χ1) is 66.3. The molecule has 0 radical (unpaired) electrons. The molecule has 140 heavy (non-hydrogen) atoms. The van der Waals surface area contributed by atoms with E-state index in [-0.39, 0.29) is 141 Å². The zero-order valence-corrected chi connectivity index (χ0v) is 78.0. The molecule has 3 aliphatic rings. The number of rotatable bonds is 48. The maximum Gasteiger partial charge on any atom is 0.573 e. The van der Waals surface area contributed by atoms with Gasteiger partial charge in [0, 0.05) is 53.0 Å². The van der Waals surface area contributed by atoms with Gasteiger partial charge in [0.25, 0.3) is 17.7 Å². The predicted octanol–water partition coefficient (Wildman–Crippen LogP) is 18.3. The molecule has 3 heterocycles. The average molecular weight is 2060 g/mol. The zero-order valence-electron chi connectivity index (χ0n) is 74.6. The summed E-state index contributed by atoms with van der Waals surface area (Å²) in [4.78, 5) is 61.8. The molecule has 0 spiro atoms. The van der Waals surface area contributed by atoms with Crippen molar-refractivity contribution in [2.24, 2.45) is 0 Å². The largest absolute Gasteiger partial charge is 0.573 e. The molecule has 3 amide bonds. The van der Waals surface area contributed by atoms with Gasteiger partial charge >= 0.3 is 47.1 Å². The van der Waals surface area contributed by atoms with E-state index >= 15 is 0 Å². The normalized spacial score (nSPS) is 17.9. The Morgan fingerprint density at radius 1 is 0.350 bits per heavy atom. The van der Waals surface area contributed by atoms with Crippen LogP contribution < -0.4 is 59.1 Å². The van der Waals surface area contributed by atoms with Gasteiger partial charge in [-0.15, -0.1) is 39.5 Å². The number of sulfone groups is 3. The van der Waals surface area contributed by atoms with Crippen LogP contribution in [0.4, 0.5) is 82.9 Å². The Morgan fingerprint density at radius 2 is 0.571 bits per heavy atom. The Bertz CT molecular complexity index is 5350. The molecule has 0 saturated carbocycles. The minimum absolute atomic E-state index is 0.0101. The van der Waals surface area contributed by atoms with Crippen LogP contribution in [0.5, 0.6) is 34.5 Å². The van der Waals surface area contributed by atoms with Crippen LogP contribution >= 0.6 is 8.17 Å². The second-order valence-corrected chi connectivity index (χ2v) is 40.7. The van der Waals surface area contributed by atoms with E-state index in [4.69, 9.17) is 42.0 Å². The van der Waals surface area contributed by atoms with E-state index in [1.807, 2.05) is 0 Å². The molecule has 758 valence electrons. The number of anilines is 3. The highest BCUT2D eigenvalue weighted by atomic mass is 32.2. The number of benzene rings is 9. The second-order valence-electron chi connectivity index (χ2n) is 32.2. The fraction of sp³-hybridized carbons (Fsp3) is 0.387. The number of carbonyl (C=O) groups excluding carboxylic acids is 3. The molecular weight excluding hydrogens is 1970 g/mol. The lowest BCUT2D eigenvalue weighted by Crippen LogP contribution is -2.34. The lowest BCUT2D eigenvalue weighted by Gasteiger charge is -2.26. The van der Waals surface area contributed by atoms with Crippen molar-refractivity contribution in [1.82, 2.24) is 16.0 Å². The van der Waals surface area contributed by atoms with Gasteiger partial charge in [-0.3, -0.25) is 14.4 Å². The predicted molar refractivity (Wildman–Crippen MR) is 479 cm³/mol. The monoisotopic (exact) mass is 2060 g/mol. The molecule has 9 aromatic rings. The number of carbonyl (C=O) groups is 3. The van der Waals surface area contributed by atoms with Gasteiger partial charge < -0.3 is 73.3 Å². The van der Waals surface area contributed by atoms with Gasteiger partial charge in [0.05, 0.1) is 108 Å². The fourth-order valence-electron chi connectivity index (χ4n) is 15.9. The van der Waals surface area contributed by atoms with Crippen molar-refractivity contribution in [3.8, 4) is 34.5 Å². The SMILES string of the molecule is CCS(=O)(=O)c1ccc([C@H](CCO[P+](O)(OCC[C@H](NC(=O)c2ccc(N3C[C@@H](Oc4ccc(OC(F)(F)F)cc4)C[C@H]3COC(F)F)cc2)c2ccc(S(=O)(=O)CC)cc2)OCC[C@H](NC(=O)c2ccc(N3C[C@@H](Oc4ccc(OC(F)(F)F)cc4)C[C@H]3COC(F)F)cc2)c2ccc(S(=O)(=O)CC)cc2)NC(=O)c2ccc(N3C[C@@H](Oc4ccc(OC(F)(F)F)cc4)C[C@H]3COC(F)F)cc2)cc1. The van der Waals surface area contributed by atoms with Gasteiger partial charge in [0.2, 0.25) is 0 Å². The molecule has 0 aliphatic carbocycles. The summed E-state index contributed by atoms with van der Waals surface area (Å²) in [7, 11) is -16.4. The Labute approximate surface area is 795 Å². The molecule has 3 saturated heterocycles. The number of amides is 3. The van der Waals surface area contributed by atoms with E-state index in [1.165, 1.54) is 203 Å². The molecule has 3 aliphatic heterocycles. The lowest BCUT2D eigenvalue weighted by molar-refractivity contribution is -0.275. The fourth-order valence-corrected chi connectivity index (χ4v) is 19.8. The summed E-state index contributed by atoms with van der Waals surface area (Å²) in [5.74, 6) is -4.33. The molecule has 9 aromatic carbocycles. The van der Waals surface area contributed by atoms with E-state index < -0.39 is 206 Å². The Balaban J connectivity index is 0.819. The van der Waals surface area contributed by atoms with Crippen LogP contribution in [0, 0.1) is 0 Å². The lowest BCUT2D eigenvalue weighted by atomic mass is 10.0. The number of alkyl halides is 15. The molecule has 3 fully saturated rings. The van der Waals surface area contributed by atoms with Gasteiger partial charge in [-0.2, -0.15) is 44.8 Å². The van der Waals surface area contributed by atoms with E-state index in [1.54, 1.807) is 14.7 Å². The van der Waals surface area contributed by atoms with Crippen LogP contribution in [0.3, 0.4) is 0 Å². The van der Waals surface area contributed by atoms with Crippen LogP contribution in [0.2, 0.25) is 0 Å². The van der Waals surface area contributed by atoms with Crippen molar-refractivity contribution in [3.63, 3.8) is 0 Å². The maximum atomic E-state index is 14.7. The number of hydrogen-bond donors (Lipinski definition) is 4. The van der Waals surface area contributed by atoms with Gasteiger partial charge in [-0.05, 0) is 218 Å². The van der Waals surface area contributed by atoms with Crippen LogP contribution in [0.25, 0.3) is 0 Å². The summed E-state index contributed by atoms with van der Waals surface area (Å²) >= 11 is 0. The summed E-state index contributed by atoms with van der Waals surface area (Å²) < 4.78 is 341. The van der Waals surface area contributed by atoms with E-state index in [2.05, 4.69) is 30.2 Å². The van der Waals surface area contributed by atoms with Crippen molar-refractivity contribution < 1.29 is 167 Å². The highest BCUT2D eigenvalue weighted by molar-refractivity contribution is 7.92. The highest BCUT2D eigenvalue weighted by Gasteiger charge is 2.47. The summed E-state index contributed by atoms with van der Waals surface area (Å²) in [5, 5.41) is 8.74. The third-order valence-corrected chi connectivity index (χ3v) is 29.6. The Hall–Kier alpha value is -11.5. The molecule has 0 unspecified atom stereocenters. The summed E-state index contributed by atoms with van der Waals surface area (Å²) in [6.07, 6.45) is -17.8. The zero-order chi connectivity index (χ0) is 101. The first-order valence-electron chi connectivity index (χ1n) is 43.6. The van der Waals surface area contributed by atoms with Gasteiger partial charge in [0.15, 0.2) is 29.5 Å². The molecule has 28 nitrogen and oxygen atoms in total. The van der Waals surface area contributed by atoms with E-state index in [0.29, 0.717) is 17.1 Å². The molecule has 12 rings (SSSR count). The second kappa shape index (κ2) is 47.4. The van der Waals surface area contributed by atoms with Crippen molar-refractivity contribution in [2.75, 3.05) is 91.2 Å². The first-order valence-corrected chi connectivity index (χ1v) is 50.0. The molecule has 0 aromatic heterocycles. The van der Waals surface area contributed by atoms with Crippen LogP contribution in [0.15, 0.2) is 233 Å². The summed E-state index contributed by atoms with van der Waals surface area (Å²) in [6.45, 7) is -8.47. The van der Waals surface area contributed by atoms with Crippen LogP contribution in [-0.2, 0) is 57.3 Å². The summed E-state index contributed by atoms with van der Waals surface area (Å²) in [6, 6.07) is 41.6. The number of halogens is 15. The molecule has 9 atom stereocenters. The number of hydrogen-bond acceptors (Lipinski definition) is 25. The Morgan fingerprint density at radius 3 is 0.779 bits per heavy atom. The van der Waals surface area contributed by atoms with Gasteiger partial charge in [-0.25, -0.2) is 25.3 Å². The van der Waals surface area contributed by atoms with Crippen molar-refractivity contribution in [2.45, 2.75) is 167 Å². The average Bonchev–Trinajstić information content (AvgIpc) is 1.59. The van der Waals surface area contributed by atoms with Crippen LogP contribution in [0.1, 0.15) is 125 Å². The minimum Gasteiger partial charge on any atom is -0.489 e. The van der Waals surface area contributed by atoms with Crippen molar-refractivity contribution in [1.29, 1.82) is 0 Å². The standard InChI is InChI=1S/C93H96F15N6O22PS3/c1-4-138(119,120)79-37-13-58(14-38-79)82(109-85(115)61-7-19-64(20-8-61)112-52-76(49-67(112)55-125-88(94)95)131-70-25-31-73(32-26-70)134-91(100,101)102)43-46-128-137(118,129-47-44-83(59-15-39-80(40-16-59)139(121,122)5-2)110-86(116)62-9-21-65(22-10-62)113-53-77(50-68(113)56-126-89(96)97)132-71-27-33-74(34-28-71)135-92(103,104)105)130-48-45-84(60-17-41-81(42-18-60)140(123,124)6-3)111-87(117)63-11-23-66(24-12-63)114-54-78(51-69(114)57-127-90(98)99)133-72-29-35-75(36-30-72)136-93(106,107)108/h7-42,67-69,76-78,82-84,88-90,118H,4-6,43-57H2,1-3H3,(H2-,109,110,111,115,116,117)/p+1/t67-,68-,69-,76-,77-,78-,82-,83-,84-/m0/s1. The van der Waals surface area contributed by atoms with Crippen molar-refractivity contribution in [3.05, 3.63) is 252 Å². The van der Waals surface area contributed by atoms with E-state index in [9.17, 15) is 110 Å². The van der Waals surface area contributed by atoms with Gasteiger partial charge in [0.1, 0.15) is 72.6 Å². The maximum absolute atomic E-state index is 14.7. The van der Waals surface area contributed by atoms with E-state index in [0.717, 1.165) is 36.4 Å². The third kappa shape index (κ3) is 31.3. The minimum atomic E-state index is -4.98. The third-order valence-electron chi connectivity index (χ3n) is 22.8. The highest BCUT2D eigenvalue weighted by Crippen LogP contribution is 2.59. The molecule has 4 N–H and O–H groups in total. The number of nitrogens with zero attached hydrogens (tertiary/aromatic N) is 3. The van der Waals surface area contributed by atoms with Crippen LogP contribution in [-0.4, -0.2) is 200 Å². The smallest absolute Gasteiger partial charge is 0.489 e.